The van der Waals surface area contributed by atoms with E-state index >= 15 is 0 Å². The van der Waals surface area contributed by atoms with Crippen molar-refractivity contribution in [2.75, 3.05) is 13.6 Å². The van der Waals surface area contributed by atoms with Crippen LogP contribution in [0.4, 0.5) is 4.79 Å². The molecule has 0 saturated heterocycles. The summed E-state index contributed by atoms with van der Waals surface area (Å²) in [5, 5.41) is 0. The number of ketones is 1. The topological polar surface area (TPSA) is 46.6 Å². The van der Waals surface area contributed by atoms with E-state index in [1.807, 2.05) is 27.7 Å². The molecule has 1 amide bonds. The van der Waals surface area contributed by atoms with Crippen molar-refractivity contribution in [3.63, 3.8) is 0 Å². The van der Waals surface area contributed by atoms with Gasteiger partial charge in [0.2, 0.25) is 0 Å². The van der Waals surface area contributed by atoms with Crippen LogP contribution in [0.15, 0.2) is 0 Å². The lowest BCUT2D eigenvalue weighted by Gasteiger charge is -2.24. The quantitative estimate of drug-likeness (QED) is 0.728. The summed E-state index contributed by atoms with van der Waals surface area (Å²) in [6.07, 6.45) is 1.46. The van der Waals surface area contributed by atoms with Crippen LogP contribution in [0.25, 0.3) is 0 Å². The number of Topliss-reactive ketones (excluding diaryl/α,β-unsaturated/α-hetero) is 1. The second kappa shape index (κ2) is 6.51. The number of carbonyl (C=O) groups is 2. The molecule has 0 aliphatic rings. The molecule has 0 aliphatic heterocycles. The van der Waals surface area contributed by atoms with E-state index in [0.717, 1.165) is 0 Å². The number of hydrogen-bond acceptors (Lipinski definition) is 3. The maximum atomic E-state index is 11.5. The Bertz CT molecular complexity index is 243. The molecule has 0 aliphatic carbocycles. The van der Waals surface area contributed by atoms with Gasteiger partial charge in [-0.15, -0.1) is 0 Å². The first-order valence-corrected chi connectivity index (χ1v) is 5.72. The van der Waals surface area contributed by atoms with E-state index in [4.69, 9.17) is 4.74 Å². The van der Waals surface area contributed by atoms with Crippen molar-refractivity contribution in [2.45, 2.75) is 52.6 Å². The minimum absolute atomic E-state index is 0.234. The monoisotopic (exact) mass is 229 g/mol. The molecular formula is C12H23NO3. The predicted octanol–water partition coefficient (Wildman–Crippen LogP) is 2.61. The van der Waals surface area contributed by atoms with Gasteiger partial charge in [-0.3, -0.25) is 4.79 Å². The highest BCUT2D eigenvalue weighted by atomic mass is 16.6. The molecule has 0 aromatic rings. The molecule has 0 radical (unpaired) electrons. The number of carbonyl (C=O) groups excluding carboxylic acids is 2. The van der Waals surface area contributed by atoms with Crippen LogP contribution in [0.2, 0.25) is 0 Å². The van der Waals surface area contributed by atoms with Gasteiger partial charge in [-0.1, -0.05) is 6.92 Å². The fourth-order valence-electron chi connectivity index (χ4n) is 1.12. The molecule has 4 nitrogen and oxygen atoms in total. The molecule has 0 aromatic heterocycles. The van der Waals surface area contributed by atoms with Crippen molar-refractivity contribution in [2.24, 2.45) is 0 Å². The van der Waals surface area contributed by atoms with Gasteiger partial charge in [0.1, 0.15) is 11.4 Å². The van der Waals surface area contributed by atoms with Gasteiger partial charge in [0.05, 0.1) is 0 Å². The number of ether oxygens (including phenoxy) is 1. The third-order valence-electron chi connectivity index (χ3n) is 2.05. The first-order valence-electron chi connectivity index (χ1n) is 5.72. The average Bonchev–Trinajstić information content (AvgIpc) is 2.14. The molecule has 0 rings (SSSR count). The Morgan fingerprint density at radius 2 is 1.81 bits per heavy atom. The zero-order chi connectivity index (χ0) is 12.8. The fraction of sp³-hybridized carbons (Fsp3) is 0.833. The summed E-state index contributed by atoms with van der Waals surface area (Å²) in [7, 11) is 1.69. The van der Waals surface area contributed by atoms with E-state index in [-0.39, 0.29) is 11.9 Å². The smallest absolute Gasteiger partial charge is 0.410 e. The average molecular weight is 229 g/mol. The van der Waals surface area contributed by atoms with E-state index < -0.39 is 5.60 Å². The molecule has 0 N–H and O–H groups in total. The summed E-state index contributed by atoms with van der Waals surface area (Å²) in [5.41, 5.74) is -0.468. The summed E-state index contributed by atoms with van der Waals surface area (Å²) in [4.78, 5) is 24.1. The number of nitrogens with zero attached hydrogens (tertiary/aromatic N) is 1. The molecule has 0 saturated carbocycles. The standard InChI is InChI=1S/C12H23NO3/c1-6-10(14)8-7-9-13(5)11(15)16-12(2,3)4/h6-9H2,1-5H3. The Kier molecular flexibility index (Phi) is 6.08. The Hall–Kier alpha value is -1.06. The summed E-state index contributed by atoms with van der Waals surface area (Å²) >= 11 is 0. The van der Waals surface area contributed by atoms with Crippen molar-refractivity contribution in [1.82, 2.24) is 4.90 Å². The van der Waals surface area contributed by atoms with Crippen LogP contribution < -0.4 is 0 Å². The molecule has 0 heterocycles. The van der Waals surface area contributed by atoms with Crippen molar-refractivity contribution < 1.29 is 14.3 Å². The largest absolute Gasteiger partial charge is 0.444 e. The van der Waals surface area contributed by atoms with Gasteiger partial charge in [0, 0.05) is 26.4 Å². The maximum Gasteiger partial charge on any atom is 0.410 e. The number of amides is 1. The molecule has 4 heteroatoms. The molecule has 0 unspecified atom stereocenters. The number of rotatable bonds is 5. The third kappa shape index (κ3) is 7.26. The van der Waals surface area contributed by atoms with E-state index in [9.17, 15) is 9.59 Å². The summed E-state index contributed by atoms with van der Waals surface area (Å²) < 4.78 is 5.19. The number of hydrogen-bond donors (Lipinski definition) is 0. The molecule has 0 fully saturated rings. The first kappa shape index (κ1) is 14.9. The van der Waals surface area contributed by atoms with E-state index in [2.05, 4.69) is 0 Å². The van der Waals surface area contributed by atoms with E-state index in [1.165, 1.54) is 4.90 Å². The van der Waals surface area contributed by atoms with Gasteiger partial charge < -0.3 is 9.64 Å². The normalized spacial score (nSPS) is 11.1. The van der Waals surface area contributed by atoms with Gasteiger partial charge >= 0.3 is 6.09 Å². The molecule has 0 spiro atoms. The van der Waals surface area contributed by atoms with Gasteiger partial charge in [0.15, 0.2) is 0 Å². The lowest BCUT2D eigenvalue weighted by molar-refractivity contribution is -0.118. The Morgan fingerprint density at radius 3 is 2.25 bits per heavy atom. The van der Waals surface area contributed by atoms with Gasteiger partial charge in [-0.05, 0) is 27.2 Å². The minimum atomic E-state index is -0.468. The fourth-order valence-corrected chi connectivity index (χ4v) is 1.12. The predicted molar refractivity (Wildman–Crippen MR) is 63.4 cm³/mol. The molecule has 16 heavy (non-hydrogen) atoms. The molecule has 0 atom stereocenters. The minimum Gasteiger partial charge on any atom is -0.444 e. The summed E-state index contributed by atoms with van der Waals surface area (Å²) in [6, 6.07) is 0. The van der Waals surface area contributed by atoms with Crippen LogP contribution in [0, 0.1) is 0 Å². The Labute approximate surface area is 98.0 Å². The van der Waals surface area contributed by atoms with Gasteiger partial charge in [-0.2, -0.15) is 0 Å². The second-order valence-electron chi connectivity index (χ2n) is 4.90. The van der Waals surface area contributed by atoms with Crippen LogP contribution in [-0.2, 0) is 9.53 Å². The zero-order valence-electron chi connectivity index (χ0n) is 11.0. The van der Waals surface area contributed by atoms with E-state index in [0.29, 0.717) is 25.8 Å². The third-order valence-corrected chi connectivity index (χ3v) is 2.05. The van der Waals surface area contributed by atoms with E-state index in [1.54, 1.807) is 7.05 Å². The summed E-state index contributed by atoms with van der Waals surface area (Å²) in [6.45, 7) is 7.90. The van der Waals surface area contributed by atoms with Crippen LogP contribution in [-0.4, -0.2) is 36.0 Å². The zero-order valence-corrected chi connectivity index (χ0v) is 11.0. The maximum absolute atomic E-state index is 11.5. The molecule has 0 aromatic carbocycles. The lowest BCUT2D eigenvalue weighted by atomic mass is 10.2. The van der Waals surface area contributed by atoms with Crippen molar-refractivity contribution in [3.8, 4) is 0 Å². The highest BCUT2D eigenvalue weighted by molar-refractivity contribution is 5.78. The highest BCUT2D eigenvalue weighted by Gasteiger charge is 2.19. The SMILES string of the molecule is CCC(=O)CCCN(C)C(=O)OC(C)(C)C. The second-order valence-corrected chi connectivity index (χ2v) is 4.90. The Balaban J connectivity index is 3.84. The molecule has 0 bridgehead atoms. The van der Waals surface area contributed by atoms with Crippen LogP contribution in [0.3, 0.4) is 0 Å². The molecule has 94 valence electrons. The molecular weight excluding hydrogens is 206 g/mol. The first-order chi connectivity index (χ1) is 7.26. The van der Waals surface area contributed by atoms with Crippen LogP contribution >= 0.6 is 0 Å². The lowest BCUT2D eigenvalue weighted by Crippen LogP contribution is -2.34. The van der Waals surface area contributed by atoms with Crippen LogP contribution in [0.1, 0.15) is 47.0 Å². The van der Waals surface area contributed by atoms with Gasteiger partial charge in [-0.25, -0.2) is 4.79 Å². The van der Waals surface area contributed by atoms with Crippen LogP contribution in [0.5, 0.6) is 0 Å². The summed E-state index contributed by atoms with van der Waals surface area (Å²) in [5.74, 6) is 0.234. The van der Waals surface area contributed by atoms with Crippen molar-refractivity contribution in [3.05, 3.63) is 0 Å². The van der Waals surface area contributed by atoms with Crippen molar-refractivity contribution >= 4 is 11.9 Å². The van der Waals surface area contributed by atoms with Crippen molar-refractivity contribution in [1.29, 1.82) is 0 Å². The highest BCUT2D eigenvalue weighted by Crippen LogP contribution is 2.09. The van der Waals surface area contributed by atoms with Gasteiger partial charge in [0.25, 0.3) is 0 Å². The Morgan fingerprint density at radius 1 is 1.25 bits per heavy atom.